The fraction of sp³-hybridized carbons (Fsp3) is 0.269. The van der Waals surface area contributed by atoms with E-state index in [1.807, 2.05) is 42.6 Å². The smallest absolute Gasteiger partial charge is 0.162 e. The van der Waals surface area contributed by atoms with Gasteiger partial charge in [-0.15, -0.1) is 0 Å². The van der Waals surface area contributed by atoms with Crippen molar-refractivity contribution in [1.82, 2.24) is 25.1 Å². The van der Waals surface area contributed by atoms with Crippen LogP contribution in [0.25, 0.3) is 22.8 Å². The average Bonchev–Trinajstić information content (AvgIpc) is 3.25. The first-order valence-electron chi connectivity index (χ1n) is 11.1. The number of aromatic nitrogens is 5. The lowest BCUT2D eigenvalue weighted by atomic mass is 9.76. The molecule has 164 valence electrons. The van der Waals surface area contributed by atoms with Crippen LogP contribution < -0.4 is 5.32 Å². The molecule has 2 N–H and O–H groups in total. The first-order valence-corrected chi connectivity index (χ1v) is 11.1. The Morgan fingerprint density at radius 3 is 2.88 bits per heavy atom. The summed E-state index contributed by atoms with van der Waals surface area (Å²) in [5, 5.41) is 20.6. The van der Waals surface area contributed by atoms with Crippen LogP contribution >= 0.6 is 0 Å². The van der Waals surface area contributed by atoms with Gasteiger partial charge in [-0.3, -0.25) is 10.1 Å². The van der Waals surface area contributed by atoms with Crippen LogP contribution in [-0.2, 0) is 19.4 Å². The number of fused-ring (bicyclic) bond motifs is 1. The van der Waals surface area contributed by atoms with Crippen LogP contribution in [0, 0.1) is 16.7 Å². The molecule has 3 heterocycles. The molecule has 0 radical (unpaired) electrons. The van der Waals surface area contributed by atoms with E-state index in [-0.39, 0.29) is 5.41 Å². The van der Waals surface area contributed by atoms with Gasteiger partial charge in [0, 0.05) is 41.8 Å². The number of nitrogens with zero attached hydrogens (tertiary/aromatic N) is 5. The number of hydrogen-bond donors (Lipinski definition) is 2. The molecule has 4 aromatic rings. The Kier molecular flexibility index (Phi) is 5.35. The lowest BCUT2D eigenvalue weighted by Crippen LogP contribution is -2.22. The third kappa shape index (κ3) is 4.46. The minimum absolute atomic E-state index is 0.266. The Labute approximate surface area is 193 Å². The van der Waals surface area contributed by atoms with Crippen molar-refractivity contribution in [3.63, 3.8) is 0 Å². The zero-order chi connectivity index (χ0) is 22.8. The lowest BCUT2D eigenvalue weighted by Gasteiger charge is -2.29. The number of H-pyrrole nitrogens is 1. The molecular formula is C26H25N7. The van der Waals surface area contributed by atoms with E-state index in [0.717, 1.165) is 41.8 Å². The molecule has 0 bridgehead atoms. The molecule has 1 aliphatic carbocycles. The van der Waals surface area contributed by atoms with Gasteiger partial charge in [0.05, 0.1) is 17.3 Å². The number of hydrogen-bond acceptors (Lipinski definition) is 6. The largest absolute Gasteiger partial charge is 0.366 e. The molecule has 0 fully saturated rings. The van der Waals surface area contributed by atoms with Gasteiger partial charge in [0.25, 0.3) is 0 Å². The highest BCUT2D eigenvalue weighted by Gasteiger charge is 2.29. The number of anilines is 1. The lowest BCUT2D eigenvalue weighted by molar-refractivity contribution is 0.312. The van der Waals surface area contributed by atoms with Crippen molar-refractivity contribution < 1.29 is 0 Å². The van der Waals surface area contributed by atoms with Crippen molar-refractivity contribution in [1.29, 1.82) is 5.26 Å². The van der Waals surface area contributed by atoms with Crippen LogP contribution in [0.3, 0.4) is 0 Å². The molecule has 0 aliphatic heterocycles. The summed E-state index contributed by atoms with van der Waals surface area (Å²) >= 11 is 0. The predicted molar refractivity (Wildman–Crippen MR) is 127 cm³/mol. The number of pyridine rings is 1. The number of aromatic amines is 1. The molecule has 0 saturated heterocycles. The SMILES string of the molecule is CC1(C)CCc2c(-c3cc(NCc4cccnc4)nc(-c4cccc(C#N)c4)n3)n[nH]c2C1. The van der Waals surface area contributed by atoms with Crippen LogP contribution in [0.15, 0.2) is 54.9 Å². The van der Waals surface area contributed by atoms with Crippen molar-refractivity contribution in [2.75, 3.05) is 5.32 Å². The van der Waals surface area contributed by atoms with Crippen molar-refractivity contribution in [3.05, 3.63) is 77.2 Å². The van der Waals surface area contributed by atoms with Gasteiger partial charge >= 0.3 is 0 Å². The van der Waals surface area contributed by atoms with Crippen LogP contribution in [0.2, 0.25) is 0 Å². The maximum absolute atomic E-state index is 9.33. The minimum Gasteiger partial charge on any atom is -0.366 e. The molecule has 1 aliphatic rings. The summed E-state index contributed by atoms with van der Waals surface area (Å²) in [6, 6.07) is 15.4. The van der Waals surface area contributed by atoms with Crippen molar-refractivity contribution in [2.45, 2.75) is 39.7 Å². The molecular weight excluding hydrogens is 410 g/mol. The topological polar surface area (TPSA) is 103 Å². The predicted octanol–water partition coefficient (Wildman–Crippen LogP) is 4.93. The summed E-state index contributed by atoms with van der Waals surface area (Å²) in [5.74, 6) is 1.26. The van der Waals surface area contributed by atoms with Crippen LogP contribution in [0.5, 0.6) is 0 Å². The highest BCUT2D eigenvalue weighted by atomic mass is 15.1. The second-order valence-corrected chi connectivity index (χ2v) is 9.24. The van der Waals surface area contributed by atoms with Gasteiger partial charge in [0.15, 0.2) is 5.82 Å². The maximum Gasteiger partial charge on any atom is 0.162 e. The van der Waals surface area contributed by atoms with Gasteiger partial charge in [-0.2, -0.15) is 10.4 Å². The van der Waals surface area contributed by atoms with E-state index in [2.05, 4.69) is 40.4 Å². The summed E-state index contributed by atoms with van der Waals surface area (Å²) in [6.45, 7) is 5.18. The molecule has 0 atom stereocenters. The quantitative estimate of drug-likeness (QED) is 0.461. The number of nitriles is 1. The van der Waals surface area contributed by atoms with Gasteiger partial charge in [-0.1, -0.05) is 32.0 Å². The van der Waals surface area contributed by atoms with Crippen molar-refractivity contribution in [3.8, 4) is 28.8 Å². The summed E-state index contributed by atoms with van der Waals surface area (Å²) in [5.41, 5.74) is 6.78. The second kappa shape index (κ2) is 8.47. The highest BCUT2D eigenvalue weighted by Crippen LogP contribution is 2.38. The van der Waals surface area contributed by atoms with Crippen LogP contribution in [0.1, 0.15) is 42.7 Å². The third-order valence-corrected chi connectivity index (χ3v) is 6.07. The van der Waals surface area contributed by atoms with Crippen molar-refractivity contribution in [2.24, 2.45) is 5.41 Å². The van der Waals surface area contributed by atoms with Gasteiger partial charge in [-0.05, 0) is 48.4 Å². The Morgan fingerprint density at radius 1 is 1.15 bits per heavy atom. The normalized spacial score (nSPS) is 14.3. The Balaban J connectivity index is 1.56. The van der Waals surface area contributed by atoms with E-state index in [4.69, 9.17) is 9.97 Å². The zero-order valence-corrected chi connectivity index (χ0v) is 18.8. The summed E-state index contributed by atoms with van der Waals surface area (Å²) in [7, 11) is 0. The first-order chi connectivity index (χ1) is 16.0. The monoisotopic (exact) mass is 435 g/mol. The van der Waals surface area contributed by atoms with E-state index < -0.39 is 0 Å². The van der Waals surface area contributed by atoms with E-state index >= 15 is 0 Å². The zero-order valence-electron chi connectivity index (χ0n) is 18.8. The third-order valence-electron chi connectivity index (χ3n) is 6.07. The van der Waals surface area contributed by atoms with Gasteiger partial charge in [-0.25, -0.2) is 9.97 Å². The summed E-state index contributed by atoms with van der Waals surface area (Å²) in [6.07, 6.45) is 6.65. The Hall–Kier alpha value is -4.05. The fourth-order valence-electron chi connectivity index (χ4n) is 4.27. The minimum atomic E-state index is 0.266. The molecule has 3 aromatic heterocycles. The van der Waals surface area contributed by atoms with Crippen LogP contribution in [-0.4, -0.2) is 25.1 Å². The Morgan fingerprint density at radius 2 is 2.06 bits per heavy atom. The van der Waals surface area contributed by atoms with Crippen molar-refractivity contribution >= 4 is 5.82 Å². The second-order valence-electron chi connectivity index (χ2n) is 9.24. The summed E-state index contributed by atoms with van der Waals surface area (Å²) < 4.78 is 0. The van der Waals surface area contributed by atoms with E-state index in [0.29, 0.717) is 23.8 Å². The maximum atomic E-state index is 9.33. The molecule has 1 aromatic carbocycles. The molecule has 7 nitrogen and oxygen atoms in total. The fourth-order valence-corrected chi connectivity index (χ4v) is 4.27. The van der Waals surface area contributed by atoms with E-state index in [9.17, 15) is 5.26 Å². The summed E-state index contributed by atoms with van der Waals surface area (Å²) in [4.78, 5) is 13.8. The molecule has 5 rings (SSSR count). The molecule has 0 saturated carbocycles. The number of benzene rings is 1. The molecule has 0 unspecified atom stereocenters. The molecule has 7 heteroatoms. The Bertz CT molecular complexity index is 1330. The number of rotatable bonds is 5. The van der Waals surface area contributed by atoms with Gasteiger partial charge < -0.3 is 5.32 Å². The standard InChI is InChI=1S/C26H25N7/c1-26(2)9-8-20-22(13-26)32-33-24(20)21-12-23(29-16-18-6-4-10-28-15-18)31-25(30-21)19-7-3-5-17(11-19)14-27/h3-7,10-12,15H,8-9,13,16H2,1-2H3,(H,32,33)(H,29,30,31). The van der Waals surface area contributed by atoms with Gasteiger partial charge in [0.2, 0.25) is 0 Å². The van der Waals surface area contributed by atoms with Gasteiger partial charge in [0.1, 0.15) is 11.5 Å². The van der Waals surface area contributed by atoms with E-state index in [1.54, 1.807) is 12.3 Å². The van der Waals surface area contributed by atoms with Crippen LogP contribution in [0.4, 0.5) is 5.82 Å². The van der Waals surface area contributed by atoms with E-state index in [1.165, 1.54) is 11.3 Å². The first kappa shape index (κ1) is 20.8. The molecule has 33 heavy (non-hydrogen) atoms. The molecule has 0 spiro atoms. The highest BCUT2D eigenvalue weighted by molar-refractivity contribution is 5.68. The molecule has 0 amide bonds. The average molecular weight is 436 g/mol. The number of nitrogens with one attached hydrogen (secondary N) is 2.